The number of amides is 2. The zero-order valence-electron chi connectivity index (χ0n) is 25.9. The molecule has 0 saturated heterocycles. The van der Waals surface area contributed by atoms with Crippen molar-refractivity contribution in [1.29, 1.82) is 0 Å². The number of nitrogens with one attached hydrogen (secondary N) is 2. The van der Waals surface area contributed by atoms with Crippen molar-refractivity contribution in [2.24, 2.45) is 11.7 Å². The molecule has 1 heterocycles. The lowest BCUT2D eigenvalue weighted by Crippen LogP contribution is -2.49. The van der Waals surface area contributed by atoms with Gasteiger partial charge in [-0.15, -0.1) is 0 Å². The lowest BCUT2D eigenvalue weighted by Gasteiger charge is -2.28. The maximum Gasteiger partial charge on any atom is 0.408 e. The van der Waals surface area contributed by atoms with E-state index in [1.54, 1.807) is 0 Å². The second-order valence-electron chi connectivity index (χ2n) is 11.3. The number of hydrogen-bond donors (Lipinski definition) is 5. The monoisotopic (exact) mass is 645 g/mol. The van der Waals surface area contributed by atoms with E-state index in [2.05, 4.69) is 10.6 Å². The van der Waals surface area contributed by atoms with Gasteiger partial charge in [-0.05, 0) is 56.1 Å². The minimum Gasteiger partial charge on any atom is -0.504 e. The zero-order chi connectivity index (χ0) is 33.1. The van der Waals surface area contributed by atoms with E-state index in [0.29, 0.717) is 32.1 Å². The van der Waals surface area contributed by atoms with Crippen LogP contribution >= 0.6 is 8.19 Å². The fourth-order valence-electron chi connectivity index (χ4n) is 5.06. The lowest BCUT2D eigenvalue weighted by molar-refractivity contribution is -0.145. The number of benzene rings is 3. The molecule has 1 aromatic heterocycles. The van der Waals surface area contributed by atoms with Crippen LogP contribution < -0.4 is 21.1 Å². The predicted molar refractivity (Wildman–Crippen MR) is 178 cm³/mol. The Morgan fingerprint density at radius 2 is 1.52 bits per heavy atom. The fourth-order valence-corrected chi connectivity index (χ4v) is 6.17. The van der Waals surface area contributed by atoms with Crippen LogP contribution in [-0.4, -0.2) is 46.9 Å². The van der Waals surface area contributed by atoms with Crippen LogP contribution in [0.25, 0.3) is 10.5 Å². The number of rotatable bonds is 15. The van der Waals surface area contributed by atoms with Gasteiger partial charge in [0.25, 0.3) is 0 Å². The normalized spacial score (nSPS) is 13.2. The van der Waals surface area contributed by atoms with E-state index >= 15 is 0 Å². The molecule has 0 fully saturated rings. The average molecular weight is 646 g/mol. The van der Waals surface area contributed by atoms with Crippen molar-refractivity contribution >= 4 is 36.7 Å². The van der Waals surface area contributed by atoms with Crippen molar-refractivity contribution in [2.75, 3.05) is 6.54 Å². The third-order valence-corrected chi connectivity index (χ3v) is 8.60. The molecule has 3 aromatic carbocycles. The van der Waals surface area contributed by atoms with E-state index < -0.39 is 36.2 Å². The minimum absolute atomic E-state index is 0.0406. The number of carboxylic acid groups (broad SMARTS) is 1. The van der Waals surface area contributed by atoms with Crippen molar-refractivity contribution in [1.82, 2.24) is 10.6 Å². The molecule has 0 spiro atoms. The highest BCUT2D eigenvalue weighted by molar-refractivity contribution is 7.39. The molecule has 46 heavy (non-hydrogen) atoms. The van der Waals surface area contributed by atoms with Crippen LogP contribution in [0.2, 0.25) is 0 Å². The highest BCUT2D eigenvalue weighted by atomic mass is 31.0. The number of aromatic hydroxyl groups is 1. The van der Waals surface area contributed by atoms with Crippen LogP contribution in [0.1, 0.15) is 49.4 Å². The van der Waals surface area contributed by atoms with Crippen LogP contribution in [0.5, 0.6) is 11.2 Å². The topological polar surface area (TPSA) is 160 Å². The number of carbonyl (C=O) groups is 3. The molecule has 242 valence electrons. The molecule has 0 bridgehead atoms. The van der Waals surface area contributed by atoms with Gasteiger partial charge in [-0.25, -0.2) is 9.59 Å². The van der Waals surface area contributed by atoms with Crippen molar-refractivity contribution in [3.05, 3.63) is 102 Å². The van der Waals surface area contributed by atoms with E-state index in [9.17, 15) is 24.6 Å². The molecular weight excluding hydrogens is 605 g/mol. The molecule has 4 aromatic rings. The van der Waals surface area contributed by atoms with Gasteiger partial charge in [0.05, 0.1) is 6.04 Å². The molecule has 3 atom stereocenters. The Bertz CT molecular complexity index is 1620. The first-order chi connectivity index (χ1) is 22.2. The summed E-state index contributed by atoms with van der Waals surface area (Å²) in [6, 6.07) is 24.2. The highest BCUT2D eigenvalue weighted by Gasteiger charge is 2.31. The van der Waals surface area contributed by atoms with Crippen molar-refractivity contribution in [2.45, 2.75) is 57.9 Å². The van der Waals surface area contributed by atoms with E-state index in [0.717, 1.165) is 16.2 Å². The molecule has 10 nitrogen and oxygen atoms in total. The quantitative estimate of drug-likeness (QED) is 0.105. The number of hydrogen-bond acceptors (Lipinski definition) is 7. The van der Waals surface area contributed by atoms with Gasteiger partial charge in [0, 0.05) is 17.1 Å². The maximum absolute atomic E-state index is 14.0. The molecule has 0 aliphatic rings. The SMILES string of the molecule is CC(C)C(NC(=O)C(Cc1ccccc1)NC(=O)OCc1ccccc1)c1c(O)c(OC(CCCN)C(=O)O)pc2ccccc12. The highest BCUT2D eigenvalue weighted by Crippen LogP contribution is 2.48. The average Bonchev–Trinajstić information content (AvgIpc) is 3.05. The number of alkyl carbamates (subject to hydrolysis) is 1. The van der Waals surface area contributed by atoms with Gasteiger partial charge in [0.1, 0.15) is 12.6 Å². The molecule has 0 saturated carbocycles. The zero-order valence-corrected chi connectivity index (χ0v) is 26.8. The van der Waals surface area contributed by atoms with Crippen LogP contribution in [0.15, 0.2) is 84.9 Å². The smallest absolute Gasteiger partial charge is 0.408 e. The van der Waals surface area contributed by atoms with E-state index in [1.165, 1.54) is 0 Å². The van der Waals surface area contributed by atoms with Gasteiger partial charge >= 0.3 is 12.1 Å². The minimum atomic E-state index is -1.20. The fraction of sp³-hybridized carbons (Fsp3) is 0.314. The van der Waals surface area contributed by atoms with Gasteiger partial charge in [0.2, 0.25) is 5.91 Å². The molecular formula is C35H40N3O7P. The van der Waals surface area contributed by atoms with Crippen molar-refractivity contribution in [3.8, 4) is 11.2 Å². The largest absolute Gasteiger partial charge is 0.504 e. The Labute approximate surface area is 270 Å². The summed E-state index contributed by atoms with van der Waals surface area (Å²) in [5.41, 5.74) is 7.72. The summed E-state index contributed by atoms with van der Waals surface area (Å²) >= 11 is 0. The molecule has 3 unspecified atom stereocenters. The Kier molecular flexibility index (Phi) is 12.3. The Hall–Kier alpha value is -4.66. The standard InChI is InChI=1S/C35H40N3O7P/c1-22(2)30(29-25-16-9-10-18-28(25)46-34(31(29)39)45-27(33(41)42)17-11-19-36)38-32(40)26(20-23-12-5-3-6-13-23)37-35(43)44-21-24-14-7-4-8-15-24/h3-10,12-16,18,22,26-27,30,39H,11,17,19-21,36H2,1-2H3,(H,37,43)(H,38,40)(H,41,42). The summed E-state index contributed by atoms with van der Waals surface area (Å²) in [5, 5.41) is 28.7. The second kappa shape index (κ2) is 16.6. The molecule has 4 rings (SSSR count). The third kappa shape index (κ3) is 9.19. The predicted octanol–water partition coefficient (Wildman–Crippen LogP) is 6.05. The number of carboxylic acids is 1. The summed E-state index contributed by atoms with van der Waals surface area (Å²) in [7, 11) is 0.496. The number of nitrogens with two attached hydrogens (primary N) is 1. The Morgan fingerprint density at radius 1 is 0.891 bits per heavy atom. The van der Waals surface area contributed by atoms with Crippen LogP contribution in [-0.2, 0) is 27.4 Å². The van der Waals surface area contributed by atoms with Gasteiger partial charge < -0.3 is 36.1 Å². The third-order valence-electron chi connectivity index (χ3n) is 7.45. The molecule has 0 aliphatic carbocycles. The summed E-state index contributed by atoms with van der Waals surface area (Å²) < 4.78 is 11.3. The summed E-state index contributed by atoms with van der Waals surface area (Å²) in [6.07, 6.45) is -1.14. The summed E-state index contributed by atoms with van der Waals surface area (Å²) in [4.78, 5) is 38.8. The lowest BCUT2D eigenvalue weighted by atomic mass is 9.92. The maximum atomic E-state index is 14.0. The summed E-state index contributed by atoms with van der Waals surface area (Å²) in [5.74, 6) is -2.09. The second-order valence-corrected chi connectivity index (χ2v) is 12.4. The number of aliphatic carboxylic acids is 1. The Morgan fingerprint density at radius 3 is 2.15 bits per heavy atom. The van der Waals surface area contributed by atoms with Gasteiger partial charge in [-0.1, -0.05) is 92.7 Å². The molecule has 0 radical (unpaired) electrons. The van der Waals surface area contributed by atoms with Gasteiger partial charge in [-0.2, -0.15) is 0 Å². The van der Waals surface area contributed by atoms with Crippen LogP contribution in [0, 0.1) is 5.92 Å². The number of fused-ring (bicyclic) bond motifs is 1. The number of carbonyl (C=O) groups excluding carboxylic acids is 2. The van der Waals surface area contributed by atoms with E-state index in [1.807, 2.05) is 98.8 Å². The van der Waals surface area contributed by atoms with Crippen LogP contribution in [0.4, 0.5) is 4.79 Å². The van der Waals surface area contributed by atoms with Crippen LogP contribution in [0.3, 0.4) is 0 Å². The van der Waals surface area contributed by atoms with Gasteiger partial charge in [-0.3, -0.25) is 4.79 Å². The first-order valence-corrected chi connectivity index (χ1v) is 16.1. The number of ether oxygens (including phenoxy) is 2. The Balaban J connectivity index is 1.65. The van der Waals surface area contributed by atoms with Gasteiger partial charge in [0.15, 0.2) is 17.3 Å². The van der Waals surface area contributed by atoms with E-state index in [4.69, 9.17) is 15.2 Å². The first-order valence-electron chi connectivity index (χ1n) is 15.2. The molecule has 6 N–H and O–H groups in total. The van der Waals surface area contributed by atoms with E-state index in [-0.39, 0.29) is 36.6 Å². The molecule has 2 amide bonds. The molecule has 0 aliphatic heterocycles. The summed E-state index contributed by atoms with van der Waals surface area (Å²) in [6.45, 7) is 4.14. The van der Waals surface area contributed by atoms with Crippen molar-refractivity contribution in [3.63, 3.8) is 0 Å². The molecule has 11 heteroatoms. The first kappa shape index (κ1) is 34.2. The van der Waals surface area contributed by atoms with Crippen molar-refractivity contribution < 1.29 is 34.1 Å².